The van der Waals surface area contributed by atoms with Crippen molar-refractivity contribution in [3.8, 4) is 11.5 Å². The summed E-state index contributed by atoms with van der Waals surface area (Å²) in [7, 11) is 3.46. The number of rotatable bonds is 2. The summed E-state index contributed by atoms with van der Waals surface area (Å²) in [5.41, 5.74) is 4.22. The number of hydrogen-bond acceptors (Lipinski definition) is 3. The van der Waals surface area contributed by atoms with Crippen LogP contribution in [0.1, 0.15) is 24.0 Å². The van der Waals surface area contributed by atoms with Crippen molar-refractivity contribution in [1.82, 2.24) is 0 Å². The molecule has 0 bridgehead atoms. The summed E-state index contributed by atoms with van der Waals surface area (Å²) in [6.07, 6.45) is 4.75. The van der Waals surface area contributed by atoms with Crippen LogP contribution < -0.4 is 14.4 Å². The molecule has 0 aliphatic carbocycles. The van der Waals surface area contributed by atoms with E-state index in [4.69, 9.17) is 9.47 Å². The molecule has 1 aromatic rings. The lowest BCUT2D eigenvalue weighted by molar-refractivity contribution is 0.349. The van der Waals surface area contributed by atoms with Crippen molar-refractivity contribution >= 4 is 5.69 Å². The Balaban J connectivity index is 2.22. The quantitative estimate of drug-likeness (QED) is 0.783. The van der Waals surface area contributed by atoms with E-state index < -0.39 is 0 Å². The minimum atomic E-state index is 0.894. The summed E-state index contributed by atoms with van der Waals surface area (Å²) in [5.74, 6) is 1.84. The molecule has 0 spiro atoms. The van der Waals surface area contributed by atoms with Crippen LogP contribution in [0, 0.1) is 0 Å². The molecule has 2 aliphatic rings. The normalized spacial score (nSPS) is 17.6. The summed E-state index contributed by atoms with van der Waals surface area (Å²) in [6.45, 7) is 2.38. The third-order valence-corrected chi connectivity index (χ3v) is 3.86. The molecular weight excluding hydrogens is 214 g/mol. The number of aryl methyl sites for hydroxylation is 1. The maximum atomic E-state index is 5.55. The van der Waals surface area contributed by atoms with Crippen LogP contribution in [-0.4, -0.2) is 27.3 Å². The van der Waals surface area contributed by atoms with Crippen LogP contribution in [0.5, 0.6) is 11.5 Å². The number of ether oxygens (including phenoxy) is 2. The number of nitrogens with zero attached hydrogens (tertiary/aromatic N) is 1. The van der Waals surface area contributed by atoms with Gasteiger partial charge in [-0.25, -0.2) is 0 Å². The lowest BCUT2D eigenvalue weighted by Crippen LogP contribution is -2.34. The standard InChI is InChI=1S/C14H19NO2/c1-16-12-9-10-5-3-7-15-8-4-6-11(13(10)15)14(12)17-2/h9H,3-8H2,1-2H3. The molecule has 0 aromatic heterocycles. The van der Waals surface area contributed by atoms with Crippen molar-refractivity contribution in [2.45, 2.75) is 25.7 Å². The second kappa shape index (κ2) is 4.13. The van der Waals surface area contributed by atoms with Gasteiger partial charge in [-0.3, -0.25) is 0 Å². The van der Waals surface area contributed by atoms with Gasteiger partial charge in [-0.2, -0.15) is 0 Å². The van der Waals surface area contributed by atoms with Crippen molar-refractivity contribution in [3.63, 3.8) is 0 Å². The zero-order valence-corrected chi connectivity index (χ0v) is 10.6. The molecule has 0 fully saturated rings. The SMILES string of the molecule is COc1cc2c3c(c1OC)CCCN3CCC2. The van der Waals surface area contributed by atoms with E-state index in [-0.39, 0.29) is 0 Å². The molecule has 3 heteroatoms. The number of anilines is 1. The van der Waals surface area contributed by atoms with Crippen LogP contribution in [0.15, 0.2) is 6.07 Å². The van der Waals surface area contributed by atoms with Crippen molar-refractivity contribution in [2.24, 2.45) is 0 Å². The van der Waals surface area contributed by atoms with E-state index in [0.29, 0.717) is 0 Å². The fourth-order valence-corrected chi connectivity index (χ4v) is 3.18. The fourth-order valence-electron chi connectivity index (χ4n) is 3.18. The van der Waals surface area contributed by atoms with E-state index in [0.717, 1.165) is 17.9 Å². The molecule has 0 saturated carbocycles. The highest BCUT2D eigenvalue weighted by Crippen LogP contribution is 2.45. The molecule has 3 nitrogen and oxygen atoms in total. The van der Waals surface area contributed by atoms with Gasteiger partial charge in [0.1, 0.15) is 0 Å². The van der Waals surface area contributed by atoms with Crippen LogP contribution >= 0.6 is 0 Å². The van der Waals surface area contributed by atoms with Crippen molar-refractivity contribution in [1.29, 1.82) is 0 Å². The number of hydrogen-bond donors (Lipinski definition) is 0. The molecule has 2 aliphatic heterocycles. The Labute approximate surface area is 102 Å². The molecular formula is C14H19NO2. The van der Waals surface area contributed by atoms with Gasteiger partial charge in [0, 0.05) is 24.3 Å². The summed E-state index contributed by atoms with van der Waals surface area (Å²) >= 11 is 0. The largest absolute Gasteiger partial charge is 0.493 e. The minimum Gasteiger partial charge on any atom is -0.493 e. The van der Waals surface area contributed by atoms with Gasteiger partial charge in [-0.1, -0.05) is 0 Å². The zero-order chi connectivity index (χ0) is 11.8. The van der Waals surface area contributed by atoms with E-state index in [1.165, 1.54) is 49.2 Å². The predicted molar refractivity (Wildman–Crippen MR) is 68.4 cm³/mol. The molecule has 0 saturated heterocycles. The Hall–Kier alpha value is -1.38. The van der Waals surface area contributed by atoms with Crippen LogP contribution in [0.4, 0.5) is 5.69 Å². The van der Waals surface area contributed by atoms with Gasteiger partial charge in [0.25, 0.3) is 0 Å². The molecule has 0 N–H and O–H groups in total. The number of methoxy groups -OCH3 is 2. The zero-order valence-electron chi connectivity index (χ0n) is 10.6. The Morgan fingerprint density at radius 3 is 2.53 bits per heavy atom. The van der Waals surface area contributed by atoms with Crippen LogP contribution in [-0.2, 0) is 12.8 Å². The van der Waals surface area contributed by atoms with Gasteiger partial charge >= 0.3 is 0 Å². The Morgan fingerprint density at radius 1 is 1.06 bits per heavy atom. The van der Waals surface area contributed by atoms with Crippen molar-refractivity contribution in [3.05, 3.63) is 17.2 Å². The summed E-state index contributed by atoms with van der Waals surface area (Å²) in [5, 5.41) is 0. The second-order valence-corrected chi connectivity index (χ2v) is 4.79. The van der Waals surface area contributed by atoms with Gasteiger partial charge in [0.05, 0.1) is 14.2 Å². The summed E-state index contributed by atoms with van der Waals surface area (Å²) in [4.78, 5) is 2.51. The van der Waals surface area contributed by atoms with E-state index in [9.17, 15) is 0 Å². The lowest BCUT2D eigenvalue weighted by atomic mass is 9.91. The van der Waals surface area contributed by atoms with Gasteiger partial charge in [0.2, 0.25) is 0 Å². The van der Waals surface area contributed by atoms with E-state index in [1.807, 2.05) is 0 Å². The summed E-state index contributed by atoms with van der Waals surface area (Å²) < 4.78 is 11.0. The van der Waals surface area contributed by atoms with Crippen molar-refractivity contribution < 1.29 is 9.47 Å². The first kappa shape index (κ1) is 10.8. The van der Waals surface area contributed by atoms with Gasteiger partial charge in [-0.15, -0.1) is 0 Å². The Morgan fingerprint density at radius 2 is 1.82 bits per heavy atom. The van der Waals surface area contributed by atoms with Crippen LogP contribution in [0.3, 0.4) is 0 Å². The number of benzene rings is 1. The highest BCUT2D eigenvalue weighted by Gasteiger charge is 2.28. The average molecular weight is 233 g/mol. The van der Waals surface area contributed by atoms with Crippen LogP contribution in [0.2, 0.25) is 0 Å². The monoisotopic (exact) mass is 233 g/mol. The topological polar surface area (TPSA) is 21.7 Å². The molecule has 0 unspecified atom stereocenters. The van der Waals surface area contributed by atoms with E-state index >= 15 is 0 Å². The highest BCUT2D eigenvalue weighted by molar-refractivity contribution is 5.71. The maximum Gasteiger partial charge on any atom is 0.165 e. The minimum absolute atomic E-state index is 0.894. The van der Waals surface area contributed by atoms with Crippen molar-refractivity contribution in [2.75, 3.05) is 32.2 Å². The van der Waals surface area contributed by atoms with Gasteiger partial charge in [-0.05, 0) is 37.3 Å². The van der Waals surface area contributed by atoms with E-state index in [1.54, 1.807) is 14.2 Å². The maximum absolute atomic E-state index is 5.55. The van der Waals surface area contributed by atoms with Gasteiger partial charge < -0.3 is 14.4 Å². The first-order valence-corrected chi connectivity index (χ1v) is 6.37. The molecule has 2 heterocycles. The third-order valence-electron chi connectivity index (χ3n) is 3.86. The Kier molecular flexibility index (Phi) is 2.61. The lowest BCUT2D eigenvalue weighted by Gasteiger charge is -2.37. The third kappa shape index (κ3) is 1.56. The second-order valence-electron chi connectivity index (χ2n) is 4.79. The molecule has 1 aromatic carbocycles. The first-order chi connectivity index (χ1) is 8.35. The smallest absolute Gasteiger partial charge is 0.165 e. The highest BCUT2D eigenvalue weighted by atomic mass is 16.5. The predicted octanol–water partition coefficient (Wildman–Crippen LogP) is 2.40. The van der Waals surface area contributed by atoms with Crippen LogP contribution in [0.25, 0.3) is 0 Å². The molecule has 0 atom stereocenters. The molecule has 0 amide bonds. The average Bonchev–Trinajstić information content (AvgIpc) is 2.39. The Bertz CT molecular complexity index is 440. The molecule has 3 rings (SSSR count). The fraction of sp³-hybridized carbons (Fsp3) is 0.571. The first-order valence-electron chi connectivity index (χ1n) is 6.37. The van der Waals surface area contributed by atoms with E-state index in [2.05, 4.69) is 11.0 Å². The molecule has 17 heavy (non-hydrogen) atoms. The summed E-state index contributed by atoms with van der Waals surface area (Å²) in [6, 6.07) is 2.16. The molecule has 0 radical (unpaired) electrons. The van der Waals surface area contributed by atoms with Gasteiger partial charge in [0.15, 0.2) is 11.5 Å². The molecule has 92 valence electrons.